The summed E-state index contributed by atoms with van der Waals surface area (Å²) >= 11 is 5.68. The zero-order valence-corrected chi connectivity index (χ0v) is 12.8. The number of aliphatic hydroxyl groups excluding tert-OH is 1. The predicted octanol–water partition coefficient (Wildman–Crippen LogP) is 3.38. The number of rotatable bonds is 8. The molecule has 4 heteroatoms. The standard InChI is InChI=1S/C16H23ClO3/c1-12(2)8-14(15(18)10-17)9-16(19)20-11-13-6-4-3-5-7-13/h3-7,12,14-15,18H,8-11H2,1-2H3/t14-,15?/m0/s1. The maximum atomic E-state index is 11.9. The Morgan fingerprint density at radius 3 is 2.50 bits per heavy atom. The van der Waals surface area contributed by atoms with Crippen LogP contribution >= 0.6 is 11.6 Å². The third-order valence-electron chi connectivity index (χ3n) is 3.15. The second-order valence-corrected chi connectivity index (χ2v) is 5.77. The molecule has 1 unspecified atom stereocenters. The first-order valence-electron chi connectivity index (χ1n) is 6.96. The molecule has 1 aromatic carbocycles. The summed E-state index contributed by atoms with van der Waals surface area (Å²) in [5, 5.41) is 9.86. The van der Waals surface area contributed by atoms with Gasteiger partial charge in [-0.05, 0) is 23.8 Å². The van der Waals surface area contributed by atoms with Gasteiger partial charge < -0.3 is 9.84 Å². The van der Waals surface area contributed by atoms with Crippen LogP contribution < -0.4 is 0 Å². The van der Waals surface area contributed by atoms with Crippen LogP contribution in [-0.2, 0) is 16.1 Å². The van der Waals surface area contributed by atoms with E-state index in [0.29, 0.717) is 5.92 Å². The van der Waals surface area contributed by atoms with Crippen LogP contribution in [0, 0.1) is 11.8 Å². The molecular weight excluding hydrogens is 276 g/mol. The first-order chi connectivity index (χ1) is 9.52. The molecule has 0 aliphatic carbocycles. The molecule has 0 aromatic heterocycles. The van der Waals surface area contributed by atoms with E-state index in [0.717, 1.165) is 12.0 Å². The van der Waals surface area contributed by atoms with E-state index in [1.807, 2.05) is 30.3 Å². The molecule has 0 saturated carbocycles. The fourth-order valence-corrected chi connectivity index (χ4v) is 2.37. The monoisotopic (exact) mass is 298 g/mol. The highest BCUT2D eigenvalue weighted by Gasteiger charge is 2.23. The summed E-state index contributed by atoms with van der Waals surface area (Å²) in [4.78, 5) is 11.9. The fraction of sp³-hybridized carbons (Fsp3) is 0.562. The summed E-state index contributed by atoms with van der Waals surface area (Å²) in [5.74, 6) is 0.114. The number of ether oxygens (including phenoxy) is 1. The smallest absolute Gasteiger partial charge is 0.306 e. The topological polar surface area (TPSA) is 46.5 Å². The predicted molar refractivity (Wildman–Crippen MR) is 80.5 cm³/mol. The summed E-state index contributed by atoms with van der Waals surface area (Å²) in [6.07, 6.45) is 0.302. The lowest BCUT2D eigenvalue weighted by Gasteiger charge is -2.22. The number of hydrogen-bond acceptors (Lipinski definition) is 3. The second-order valence-electron chi connectivity index (χ2n) is 5.46. The highest BCUT2D eigenvalue weighted by molar-refractivity contribution is 6.18. The summed E-state index contributed by atoms with van der Waals surface area (Å²) in [6, 6.07) is 9.55. The van der Waals surface area contributed by atoms with Crippen LogP contribution in [0.15, 0.2) is 30.3 Å². The lowest BCUT2D eigenvalue weighted by atomic mass is 9.90. The van der Waals surface area contributed by atoms with E-state index in [-0.39, 0.29) is 30.8 Å². The van der Waals surface area contributed by atoms with E-state index < -0.39 is 6.10 Å². The molecular formula is C16H23ClO3. The van der Waals surface area contributed by atoms with Crippen molar-refractivity contribution in [3.05, 3.63) is 35.9 Å². The number of esters is 1. The maximum absolute atomic E-state index is 11.9. The minimum Gasteiger partial charge on any atom is -0.461 e. The Balaban J connectivity index is 2.45. The molecule has 3 nitrogen and oxygen atoms in total. The first kappa shape index (κ1) is 17.0. The summed E-state index contributed by atoms with van der Waals surface area (Å²) < 4.78 is 5.24. The van der Waals surface area contributed by atoms with Crippen molar-refractivity contribution in [3.8, 4) is 0 Å². The molecule has 20 heavy (non-hydrogen) atoms. The van der Waals surface area contributed by atoms with Crippen molar-refractivity contribution in [2.75, 3.05) is 5.88 Å². The van der Waals surface area contributed by atoms with E-state index in [4.69, 9.17) is 16.3 Å². The lowest BCUT2D eigenvalue weighted by molar-refractivity contribution is -0.147. The number of hydrogen-bond donors (Lipinski definition) is 1. The van der Waals surface area contributed by atoms with E-state index in [1.165, 1.54) is 0 Å². The van der Waals surface area contributed by atoms with E-state index in [9.17, 15) is 9.90 Å². The minimum absolute atomic E-state index is 0.142. The quantitative estimate of drug-likeness (QED) is 0.591. The molecule has 1 aromatic rings. The highest BCUT2D eigenvalue weighted by atomic mass is 35.5. The fourth-order valence-electron chi connectivity index (χ4n) is 2.12. The summed E-state index contributed by atoms with van der Waals surface area (Å²) in [6.45, 7) is 4.39. The van der Waals surface area contributed by atoms with Crippen LogP contribution in [0.2, 0.25) is 0 Å². The lowest BCUT2D eigenvalue weighted by Crippen LogP contribution is -2.27. The van der Waals surface area contributed by atoms with Crippen molar-refractivity contribution in [2.45, 2.75) is 39.4 Å². The largest absolute Gasteiger partial charge is 0.461 e. The Bertz CT molecular complexity index is 392. The molecule has 0 heterocycles. The molecule has 0 amide bonds. The third kappa shape index (κ3) is 6.40. The molecule has 1 N–H and O–H groups in total. The van der Waals surface area contributed by atoms with Crippen molar-refractivity contribution < 1.29 is 14.6 Å². The number of aliphatic hydroxyl groups is 1. The SMILES string of the molecule is CC(C)C[C@@H](CC(=O)OCc1ccccc1)C(O)CCl. The maximum Gasteiger partial charge on any atom is 0.306 e. The van der Waals surface area contributed by atoms with E-state index in [1.54, 1.807) is 0 Å². The van der Waals surface area contributed by atoms with Gasteiger partial charge in [-0.3, -0.25) is 4.79 Å². The highest BCUT2D eigenvalue weighted by Crippen LogP contribution is 2.21. The van der Waals surface area contributed by atoms with Crippen molar-refractivity contribution >= 4 is 17.6 Å². The average molecular weight is 299 g/mol. The number of benzene rings is 1. The average Bonchev–Trinajstić information content (AvgIpc) is 2.44. The molecule has 0 aliphatic rings. The Hall–Kier alpha value is -1.06. The Kier molecular flexibility index (Phi) is 7.63. The first-order valence-corrected chi connectivity index (χ1v) is 7.50. The van der Waals surface area contributed by atoms with Crippen molar-refractivity contribution in [3.63, 3.8) is 0 Å². The summed E-state index contributed by atoms with van der Waals surface area (Å²) in [7, 11) is 0. The van der Waals surface area contributed by atoms with Crippen molar-refractivity contribution in [1.29, 1.82) is 0 Å². The normalized spacial score (nSPS) is 14.1. The van der Waals surface area contributed by atoms with Gasteiger partial charge in [-0.25, -0.2) is 0 Å². The van der Waals surface area contributed by atoms with Gasteiger partial charge in [-0.15, -0.1) is 11.6 Å². The van der Waals surface area contributed by atoms with Crippen LogP contribution in [0.1, 0.15) is 32.3 Å². The molecule has 112 valence electrons. The van der Waals surface area contributed by atoms with Gasteiger partial charge in [0.1, 0.15) is 6.61 Å². The van der Waals surface area contributed by atoms with Gasteiger partial charge in [0.2, 0.25) is 0 Å². The zero-order valence-electron chi connectivity index (χ0n) is 12.1. The van der Waals surface area contributed by atoms with Gasteiger partial charge in [0.25, 0.3) is 0 Å². The molecule has 0 bridgehead atoms. The van der Waals surface area contributed by atoms with Crippen LogP contribution in [-0.4, -0.2) is 23.1 Å². The van der Waals surface area contributed by atoms with Gasteiger partial charge in [-0.2, -0.15) is 0 Å². The van der Waals surface area contributed by atoms with Gasteiger partial charge >= 0.3 is 5.97 Å². The Morgan fingerprint density at radius 1 is 1.30 bits per heavy atom. The zero-order chi connectivity index (χ0) is 15.0. The van der Waals surface area contributed by atoms with Gasteiger partial charge in [-0.1, -0.05) is 44.2 Å². The second kappa shape index (κ2) is 8.98. The van der Waals surface area contributed by atoms with Gasteiger partial charge in [0, 0.05) is 5.88 Å². The molecule has 0 saturated heterocycles. The van der Waals surface area contributed by atoms with Crippen LogP contribution in [0.4, 0.5) is 0 Å². The Morgan fingerprint density at radius 2 is 1.95 bits per heavy atom. The number of carbonyl (C=O) groups excluding carboxylic acids is 1. The molecule has 0 spiro atoms. The Labute approximate surface area is 125 Å². The molecule has 0 radical (unpaired) electrons. The van der Waals surface area contributed by atoms with Crippen LogP contribution in [0.25, 0.3) is 0 Å². The van der Waals surface area contributed by atoms with E-state index in [2.05, 4.69) is 13.8 Å². The van der Waals surface area contributed by atoms with Gasteiger partial charge in [0.15, 0.2) is 0 Å². The molecule has 1 rings (SSSR count). The molecule has 0 fully saturated rings. The number of carbonyl (C=O) groups is 1. The number of alkyl halides is 1. The van der Waals surface area contributed by atoms with E-state index >= 15 is 0 Å². The number of halogens is 1. The van der Waals surface area contributed by atoms with Crippen LogP contribution in [0.5, 0.6) is 0 Å². The van der Waals surface area contributed by atoms with Crippen LogP contribution in [0.3, 0.4) is 0 Å². The van der Waals surface area contributed by atoms with Crippen molar-refractivity contribution in [1.82, 2.24) is 0 Å². The summed E-state index contributed by atoms with van der Waals surface area (Å²) in [5.41, 5.74) is 0.958. The molecule has 2 atom stereocenters. The third-order valence-corrected chi connectivity index (χ3v) is 3.46. The molecule has 0 aliphatic heterocycles. The van der Waals surface area contributed by atoms with Crippen molar-refractivity contribution in [2.24, 2.45) is 11.8 Å². The van der Waals surface area contributed by atoms with Gasteiger partial charge in [0.05, 0.1) is 12.5 Å². The minimum atomic E-state index is -0.664.